The summed E-state index contributed by atoms with van der Waals surface area (Å²) in [5.41, 5.74) is -1.55. The van der Waals surface area contributed by atoms with E-state index in [0.29, 0.717) is 24.4 Å². The summed E-state index contributed by atoms with van der Waals surface area (Å²) >= 11 is 0. The first-order valence-corrected chi connectivity index (χ1v) is 9.08. The number of likely N-dealkylation sites (N-methyl/N-ethyl adjacent to an activating group) is 1. The highest BCUT2D eigenvalue weighted by Crippen LogP contribution is 2.46. The number of fused-ring (bicyclic) bond motifs is 2. The topological polar surface area (TPSA) is 61.9 Å². The second-order valence-electron chi connectivity index (χ2n) is 7.50. The van der Waals surface area contributed by atoms with Gasteiger partial charge in [0.25, 0.3) is 5.91 Å². The molecule has 1 aromatic carbocycles. The van der Waals surface area contributed by atoms with Crippen molar-refractivity contribution in [3.63, 3.8) is 0 Å². The second kappa shape index (κ2) is 6.54. The average molecular weight is 363 g/mol. The molecule has 1 unspecified atom stereocenters. The highest BCUT2D eigenvalue weighted by atomic mass is 19.1. The Morgan fingerprint density at radius 1 is 1.27 bits per heavy atom. The number of carbonyl (C=O) groups is 2. The molecule has 26 heavy (non-hydrogen) atoms. The van der Waals surface area contributed by atoms with Crippen molar-refractivity contribution in [2.45, 2.75) is 45.3 Å². The Labute approximate surface area is 153 Å². The molecule has 3 rings (SSSR count). The van der Waals surface area contributed by atoms with Crippen LogP contribution < -0.4 is 10.1 Å². The summed E-state index contributed by atoms with van der Waals surface area (Å²) in [6, 6.07) is 3.67. The van der Waals surface area contributed by atoms with Crippen molar-refractivity contribution in [1.82, 2.24) is 15.1 Å². The Bertz CT molecular complexity index is 733. The van der Waals surface area contributed by atoms with Crippen molar-refractivity contribution in [1.29, 1.82) is 0 Å². The zero-order chi connectivity index (χ0) is 19.1. The Balaban J connectivity index is 1.96. The maximum atomic E-state index is 13.9. The first-order chi connectivity index (χ1) is 12.2. The van der Waals surface area contributed by atoms with E-state index >= 15 is 0 Å². The van der Waals surface area contributed by atoms with Crippen molar-refractivity contribution in [3.05, 3.63) is 29.6 Å². The second-order valence-corrected chi connectivity index (χ2v) is 7.50. The van der Waals surface area contributed by atoms with Gasteiger partial charge in [-0.25, -0.2) is 9.18 Å². The number of urea groups is 1. The van der Waals surface area contributed by atoms with Crippen LogP contribution in [0.1, 0.15) is 39.7 Å². The van der Waals surface area contributed by atoms with Crippen LogP contribution >= 0.6 is 0 Å². The summed E-state index contributed by atoms with van der Waals surface area (Å²) in [5.74, 6) is -0.366. The van der Waals surface area contributed by atoms with Gasteiger partial charge in [-0.2, -0.15) is 0 Å². The van der Waals surface area contributed by atoms with Crippen LogP contribution in [0.3, 0.4) is 0 Å². The number of benzene rings is 1. The lowest BCUT2D eigenvalue weighted by Crippen LogP contribution is -2.54. The molecule has 0 radical (unpaired) electrons. The monoisotopic (exact) mass is 363 g/mol. The van der Waals surface area contributed by atoms with Gasteiger partial charge in [-0.1, -0.05) is 13.8 Å². The largest absolute Gasteiger partial charge is 0.487 e. The Kier molecular flexibility index (Phi) is 4.69. The van der Waals surface area contributed by atoms with Crippen molar-refractivity contribution in [2.75, 3.05) is 26.2 Å². The lowest BCUT2D eigenvalue weighted by Gasteiger charge is -2.42. The van der Waals surface area contributed by atoms with E-state index in [-0.39, 0.29) is 12.3 Å². The van der Waals surface area contributed by atoms with Gasteiger partial charge in [-0.3, -0.25) is 9.69 Å². The SMILES string of the molecule is CCN(CC)CCN1C(=O)NC2(CC(C)(C)Oc3ccc(F)cc32)C1=O. The van der Waals surface area contributed by atoms with Crippen LogP contribution in [0.25, 0.3) is 0 Å². The van der Waals surface area contributed by atoms with E-state index in [9.17, 15) is 14.0 Å². The predicted molar refractivity (Wildman–Crippen MR) is 95.4 cm³/mol. The number of rotatable bonds is 5. The normalized spacial score (nSPS) is 24.0. The van der Waals surface area contributed by atoms with Crippen LogP contribution in [0.4, 0.5) is 9.18 Å². The van der Waals surface area contributed by atoms with Gasteiger partial charge in [0.15, 0.2) is 5.54 Å². The third-order valence-corrected chi connectivity index (χ3v) is 5.19. The number of amides is 3. The molecule has 0 aromatic heterocycles. The summed E-state index contributed by atoms with van der Waals surface area (Å²) in [4.78, 5) is 29.3. The third-order valence-electron chi connectivity index (χ3n) is 5.19. The highest BCUT2D eigenvalue weighted by molar-refractivity contribution is 6.08. The number of nitrogens with one attached hydrogen (secondary N) is 1. The molecule has 2 heterocycles. The fourth-order valence-electron chi connectivity index (χ4n) is 3.91. The van der Waals surface area contributed by atoms with Crippen LogP contribution in [0, 0.1) is 5.82 Å². The molecule has 0 aliphatic carbocycles. The molecule has 1 atom stereocenters. The van der Waals surface area contributed by atoms with E-state index in [1.54, 1.807) is 0 Å². The van der Waals surface area contributed by atoms with Crippen LogP contribution in [-0.2, 0) is 10.3 Å². The van der Waals surface area contributed by atoms with E-state index in [4.69, 9.17) is 4.74 Å². The maximum absolute atomic E-state index is 13.9. The van der Waals surface area contributed by atoms with Crippen LogP contribution in [0.15, 0.2) is 18.2 Å². The van der Waals surface area contributed by atoms with E-state index in [1.807, 2.05) is 27.7 Å². The highest BCUT2D eigenvalue weighted by Gasteiger charge is 2.58. The molecule has 6 nitrogen and oxygen atoms in total. The summed E-state index contributed by atoms with van der Waals surface area (Å²) in [6.45, 7) is 10.4. The first kappa shape index (κ1) is 18.6. The van der Waals surface area contributed by atoms with Gasteiger partial charge in [-0.15, -0.1) is 0 Å². The zero-order valence-electron chi connectivity index (χ0n) is 15.8. The molecule has 1 saturated heterocycles. The van der Waals surface area contributed by atoms with Gasteiger partial charge < -0.3 is 15.0 Å². The number of ether oxygens (including phenoxy) is 1. The molecule has 3 amide bonds. The molecule has 7 heteroatoms. The summed E-state index contributed by atoms with van der Waals surface area (Å²) in [5, 5.41) is 2.84. The van der Waals surface area contributed by atoms with Crippen molar-refractivity contribution >= 4 is 11.9 Å². The van der Waals surface area contributed by atoms with Gasteiger partial charge in [0, 0.05) is 25.1 Å². The summed E-state index contributed by atoms with van der Waals surface area (Å²) in [6.07, 6.45) is 0.253. The molecular formula is C19H26FN3O3. The Morgan fingerprint density at radius 3 is 2.62 bits per heavy atom. The fourth-order valence-corrected chi connectivity index (χ4v) is 3.91. The molecule has 1 aromatic rings. The van der Waals surface area contributed by atoms with Gasteiger partial charge in [0.2, 0.25) is 0 Å². The molecule has 0 bridgehead atoms. The molecular weight excluding hydrogens is 337 g/mol. The minimum atomic E-state index is -1.28. The molecule has 1 N–H and O–H groups in total. The Hall–Kier alpha value is -2.15. The average Bonchev–Trinajstić information content (AvgIpc) is 2.80. The lowest BCUT2D eigenvalue weighted by atomic mass is 9.77. The molecule has 0 saturated carbocycles. The van der Waals surface area contributed by atoms with Crippen molar-refractivity contribution in [2.24, 2.45) is 0 Å². The fraction of sp³-hybridized carbons (Fsp3) is 0.579. The van der Waals surface area contributed by atoms with Gasteiger partial charge in [0.1, 0.15) is 17.2 Å². The number of nitrogens with zero attached hydrogens (tertiary/aromatic N) is 2. The summed E-state index contributed by atoms with van der Waals surface area (Å²) < 4.78 is 19.8. The zero-order valence-corrected chi connectivity index (χ0v) is 15.8. The lowest BCUT2D eigenvalue weighted by molar-refractivity contribution is -0.134. The van der Waals surface area contributed by atoms with Gasteiger partial charge in [0.05, 0.1) is 0 Å². The number of hydrogen-bond acceptors (Lipinski definition) is 4. The van der Waals surface area contributed by atoms with E-state index in [0.717, 1.165) is 13.1 Å². The van der Waals surface area contributed by atoms with Gasteiger partial charge >= 0.3 is 6.03 Å². The molecule has 2 aliphatic rings. The summed E-state index contributed by atoms with van der Waals surface area (Å²) in [7, 11) is 0. The van der Waals surface area contributed by atoms with Crippen LogP contribution in [0.5, 0.6) is 5.75 Å². The molecule has 1 spiro atoms. The quantitative estimate of drug-likeness (QED) is 0.817. The minimum absolute atomic E-state index is 0.253. The molecule has 2 aliphatic heterocycles. The standard InChI is InChI=1S/C19H26FN3O3/c1-5-22(6-2)9-10-23-16(24)19(21-17(23)25)12-18(3,4)26-15-8-7-13(20)11-14(15)19/h7-8,11H,5-6,9-10,12H2,1-4H3,(H,21,25). The van der Waals surface area contributed by atoms with Crippen molar-refractivity contribution in [3.8, 4) is 5.75 Å². The van der Waals surface area contributed by atoms with Crippen molar-refractivity contribution < 1.29 is 18.7 Å². The van der Waals surface area contributed by atoms with Gasteiger partial charge in [-0.05, 0) is 45.1 Å². The first-order valence-electron chi connectivity index (χ1n) is 9.08. The number of carbonyl (C=O) groups excluding carboxylic acids is 2. The molecule has 1 fully saturated rings. The minimum Gasteiger partial charge on any atom is -0.487 e. The Morgan fingerprint density at radius 2 is 1.96 bits per heavy atom. The predicted octanol–water partition coefficient (Wildman–Crippen LogP) is 2.48. The van der Waals surface area contributed by atoms with Crippen LogP contribution in [0.2, 0.25) is 0 Å². The molecule has 142 valence electrons. The number of imide groups is 1. The van der Waals surface area contributed by atoms with E-state index in [1.165, 1.54) is 23.1 Å². The van der Waals surface area contributed by atoms with E-state index < -0.39 is 23.0 Å². The smallest absolute Gasteiger partial charge is 0.325 e. The maximum Gasteiger partial charge on any atom is 0.325 e. The van der Waals surface area contributed by atoms with Crippen LogP contribution in [-0.4, -0.2) is 53.5 Å². The number of halogens is 1. The number of hydrogen-bond donors (Lipinski definition) is 1. The van der Waals surface area contributed by atoms with E-state index in [2.05, 4.69) is 10.2 Å². The third kappa shape index (κ3) is 3.05.